The van der Waals surface area contributed by atoms with Crippen molar-refractivity contribution in [3.05, 3.63) is 102 Å². The predicted octanol–water partition coefficient (Wildman–Crippen LogP) is 8.92. The first-order valence-electron chi connectivity index (χ1n) is 15.4. The van der Waals surface area contributed by atoms with Crippen molar-refractivity contribution < 1.29 is 14.3 Å². The largest absolute Gasteiger partial charge is 0.494 e. The number of ether oxygens (including phenoxy) is 2. The van der Waals surface area contributed by atoms with E-state index in [1.54, 1.807) is 0 Å². The van der Waals surface area contributed by atoms with Gasteiger partial charge in [-0.2, -0.15) is 0 Å². The number of rotatable bonds is 9. The van der Waals surface area contributed by atoms with E-state index >= 15 is 0 Å². The molecule has 0 unspecified atom stereocenters. The van der Waals surface area contributed by atoms with Gasteiger partial charge < -0.3 is 14.4 Å². The summed E-state index contributed by atoms with van der Waals surface area (Å²) in [5, 5.41) is 5.08. The molecule has 7 rings (SSSR count). The molecule has 5 aromatic carbocycles. The van der Waals surface area contributed by atoms with Crippen LogP contribution in [0.15, 0.2) is 96.0 Å². The third-order valence-electron chi connectivity index (χ3n) is 8.72. The number of unbranched alkanes of at least 4 members (excludes halogenated alkanes) is 2. The lowest BCUT2D eigenvalue weighted by molar-refractivity contribution is 0.0774. The van der Waals surface area contributed by atoms with Crippen molar-refractivity contribution in [3.8, 4) is 22.6 Å². The summed E-state index contributed by atoms with van der Waals surface area (Å²) in [5.41, 5.74) is 4.80. The molecule has 43 heavy (non-hydrogen) atoms. The average Bonchev–Trinajstić information content (AvgIpc) is 3.48. The van der Waals surface area contributed by atoms with Crippen LogP contribution in [0.1, 0.15) is 48.0 Å². The van der Waals surface area contributed by atoms with Gasteiger partial charge in [0.15, 0.2) is 0 Å². The molecule has 0 aromatic heterocycles. The van der Waals surface area contributed by atoms with E-state index in [4.69, 9.17) is 9.47 Å². The fourth-order valence-corrected chi connectivity index (χ4v) is 6.41. The van der Waals surface area contributed by atoms with Gasteiger partial charge in [-0.3, -0.25) is 9.79 Å². The highest BCUT2D eigenvalue weighted by Gasteiger charge is 2.32. The molecule has 1 amide bonds. The molecule has 0 saturated carbocycles. The smallest absolute Gasteiger partial charge is 0.256 e. The first-order valence-corrected chi connectivity index (χ1v) is 15.4. The van der Waals surface area contributed by atoms with Gasteiger partial charge >= 0.3 is 0 Å². The zero-order valence-corrected chi connectivity index (χ0v) is 24.6. The van der Waals surface area contributed by atoms with E-state index in [1.807, 2.05) is 30.2 Å². The molecule has 0 aliphatic carbocycles. The van der Waals surface area contributed by atoms with Crippen LogP contribution in [0.25, 0.3) is 32.7 Å². The summed E-state index contributed by atoms with van der Waals surface area (Å²) in [6.45, 7) is 4.11. The molecular formula is C38H36N2O3. The summed E-state index contributed by atoms with van der Waals surface area (Å²) in [5.74, 6) is 1.78. The Morgan fingerprint density at radius 3 is 2.37 bits per heavy atom. The third kappa shape index (κ3) is 5.48. The van der Waals surface area contributed by atoms with Crippen molar-refractivity contribution in [2.75, 3.05) is 19.8 Å². The quantitative estimate of drug-likeness (QED) is 0.132. The van der Waals surface area contributed by atoms with Crippen LogP contribution in [0, 0.1) is 6.92 Å². The first-order chi connectivity index (χ1) is 21.2. The maximum atomic E-state index is 13.0. The number of nitrogens with zero attached hydrogens (tertiary/aromatic N) is 2. The maximum Gasteiger partial charge on any atom is 0.256 e. The van der Waals surface area contributed by atoms with Crippen LogP contribution in [0.3, 0.4) is 0 Å². The molecule has 0 bridgehead atoms. The van der Waals surface area contributed by atoms with Gasteiger partial charge in [0.05, 0.1) is 30.5 Å². The monoisotopic (exact) mass is 568 g/mol. The van der Waals surface area contributed by atoms with Crippen LogP contribution in [0.2, 0.25) is 0 Å². The second-order valence-electron chi connectivity index (χ2n) is 11.6. The number of carbonyl (C=O) groups excluding carboxylic acids is 1. The molecule has 0 N–H and O–H groups in total. The van der Waals surface area contributed by atoms with Crippen LogP contribution < -0.4 is 9.47 Å². The van der Waals surface area contributed by atoms with Crippen molar-refractivity contribution in [3.63, 3.8) is 0 Å². The molecule has 5 aromatic rings. The summed E-state index contributed by atoms with van der Waals surface area (Å²) in [7, 11) is 0. The number of amides is 1. The Labute approximate surface area is 252 Å². The van der Waals surface area contributed by atoms with Crippen LogP contribution in [0.5, 0.6) is 11.5 Å². The van der Waals surface area contributed by atoms with E-state index < -0.39 is 0 Å². The Bertz CT molecular complexity index is 1830. The van der Waals surface area contributed by atoms with Gasteiger partial charge in [-0.25, -0.2) is 0 Å². The Kier molecular flexibility index (Phi) is 7.55. The highest BCUT2D eigenvalue weighted by atomic mass is 16.5. The molecule has 0 radical (unpaired) electrons. The number of aliphatic imine (C=N–C) groups is 1. The second kappa shape index (κ2) is 11.9. The minimum Gasteiger partial charge on any atom is -0.494 e. The lowest BCUT2D eigenvalue weighted by Gasteiger charge is -2.20. The van der Waals surface area contributed by atoms with Gasteiger partial charge in [0.25, 0.3) is 5.91 Å². The Balaban J connectivity index is 0.908. The molecule has 5 heteroatoms. The van der Waals surface area contributed by atoms with E-state index in [-0.39, 0.29) is 11.9 Å². The molecule has 2 heterocycles. The summed E-state index contributed by atoms with van der Waals surface area (Å²) >= 11 is 0. The van der Waals surface area contributed by atoms with Crippen molar-refractivity contribution in [1.29, 1.82) is 0 Å². The molecule has 2 aliphatic heterocycles. The van der Waals surface area contributed by atoms with E-state index in [1.165, 1.54) is 32.7 Å². The molecule has 216 valence electrons. The highest BCUT2D eigenvalue weighted by Crippen LogP contribution is 2.36. The van der Waals surface area contributed by atoms with Crippen molar-refractivity contribution in [2.24, 2.45) is 4.99 Å². The van der Waals surface area contributed by atoms with E-state index in [2.05, 4.69) is 83.9 Å². The molecule has 5 nitrogen and oxygen atoms in total. The van der Waals surface area contributed by atoms with Crippen molar-refractivity contribution >= 4 is 39.4 Å². The third-order valence-corrected chi connectivity index (χ3v) is 8.72. The van der Waals surface area contributed by atoms with Gasteiger partial charge in [-0.15, -0.1) is 0 Å². The standard InChI is InChI=1S/C38H36N2O3/c1-26-22-35-36(39-25-29-11-9-19-40(29)38(35)41)24-37(26)43-21-8-2-7-20-42-30-17-15-27(16-18-30)34-23-28-10-3-4-12-31(28)32-13-5-6-14-33(32)34/h3-6,10,12-18,22-25,29H,2,7-9,11,19-21H2,1H3/t29-/m0/s1. The van der Waals surface area contributed by atoms with Gasteiger partial charge in [-0.1, -0.05) is 60.7 Å². The Morgan fingerprint density at radius 2 is 1.53 bits per heavy atom. The second-order valence-corrected chi connectivity index (χ2v) is 11.6. The SMILES string of the molecule is Cc1cc2c(cc1OCCCCCOc1ccc(-c3cc4ccccc4c4ccccc34)cc1)N=C[C@@H]1CCCN1C2=O. The number of hydrogen-bond acceptors (Lipinski definition) is 4. The van der Waals surface area contributed by atoms with Gasteiger partial charge in [0.2, 0.25) is 0 Å². The van der Waals surface area contributed by atoms with Crippen LogP contribution in [-0.4, -0.2) is 42.8 Å². The molecule has 2 aliphatic rings. The number of fused-ring (bicyclic) bond motifs is 5. The molecule has 1 fully saturated rings. The van der Waals surface area contributed by atoms with E-state index in [0.29, 0.717) is 24.5 Å². The summed E-state index contributed by atoms with van der Waals surface area (Å²) < 4.78 is 12.2. The van der Waals surface area contributed by atoms with Crippen LogP contribution >= 0.6 is 0 Å². The fraction of sp³-hybridized carbons (Fsp3) is 0.263. The minimum atomic E-state index is 0.0847. The lowest BCUT2D eigenvalue weighted by Crippen LogP contribution is -2.35. The van der Waals surface area contributed by atoms with Gasteiger partial charge in [0.1, 0.15) is 11.5 Å². The maximum absolute atomic E-state index is 13.0. The number of hydrogen-bond donors (Lipinski definition) is 0. The minimum absolute atomic E-state index is 0.0847. The van der Waals surface area contributed by atoms with Crippen molar-refractivity contribution in [2.45, 2.75) is 45.1 Å². The van der Waals surface area contributed by atoms with E-state index in [0.717, 1.165) is 55.7 Å². The topological polar surface area (TPSA) is 51.1 Å². The number of benzene rings is 5. The summed E-state index contributed by atoms with van der Waals surface area (Å²) in [6, 6.07) is 31.9. The lowest BCUT2D eigenvalue weighted by atomic mass is 9.93. The molecule has 0 spiro atoms. The molecular weight excluding hydrogens is 532 g/mol. The van der Waals surface area contributed by atoms with Gasteiger partial charge in [-0.05, 0) is 102 Å². The summed E-state index contributed by atoms with van der Waals surface area (Å²) in [6.07, 6.45) is 6.86. The molecule has 1 saturated heterocycles. The van der Waals surface area contributed by atoms with Crippen LogP contribution in [-0.2, 0) is 0 Å². The first kappa shape index (κ1) is 27.2. The number of carbonyl (C=O) groups is 1. The number of aryl methyl sites for hydroxylation is 1. The average molecular weight is 569 g/mol. The van der Waals surface area contributed by atoms with Gasteiger partial charge in [0, 0.05) is 18.8 Å². The summed E-state index contributed by atoms with van der Waals surface area (Å²) in [4.78, 5) is 19.6. The Hall–Kier alpha value is -4.64. The fourth-order valence-electron chi connectivity index (χ4n) is 6.41. The zero-order valence-electron chi connectivity index (χ0n) is 24.6. The highest BCUT2D eigenvalue weighted by molar-refractivity contribution is 6.13. The van der Waals surface area contributed by atoms with E-state index in [9.17, 15) is 4.79 Å². The Morgan fingerprint density at radius 1 is 0.791 bits per heavy atom. The molecule has 1 atom stereocenters. The normalized spacial score (nSPS) is 15.9. The predicted molar refractivity (Wildman–Crippen MR) is 175 cm³/mol. The van der Waals surface area contributed by atoms with Crippen molar-refractivity contribution in [1.82, 2.24) is 4.90 Å². The van der Waals surface area contributed by atoms with Crippen LogP contribution in [0.4, 0.5) is 5.69 Å². The zero-order chi connectivity index (χ0) is 29.2.